The van der Waals surface area contributed by atoms with Gasteiger partial charge in [0.2, 0.25) is 0 Å². The van der Waals surface area contributed by atoms with Crippen molar-refractivity contribution in [2.45, 2.75) is 0 Å². The lowest BCUT2D eigenvalue weighted by Crippen LogP contribution is -2.26. The summed E-state index contributed by atoms with van der Waals surface area (Å²) in [4.78, 5) is 49.0. The minimum absolute atomic E-state index is 0.0169. The zero-order chi connectivity index (χ0) is 13.7. The highest BCUT2D eigenvalue weighted by Gasteiger charge is 2.13. The molecule has 19 heavy (non-hydrogen) atoms. The number of halogens is 1. The second kappa shape index (κ2) is 3.69. The molecule has 0 atom stereocenters. The van der Waals surface area contributed by atoms with E-state index in [2.05, 4.69) is 9.97 Å². The summed E-state index contributed by atoms with van der Waals surface area (Å²) in [6.07, 6.45) is 0. The molecule has 3 aromatic rings. The molecular formula is C10H3ClN2O6. The van der Waals surface area contributed by atoms with Crippen LogP contribution in [-0.4, -0.2) is 9.97 Å². The van der Waals surface area contributed by atoms with Crippen LogP contribution < -0.4 is 22.4 Å². The van der Waals surface area contributed by atoms with Gasteiger partial charge in [0.05, 0.1) is 5.02 Å². The van der Waals surface area contributed by atoms with Crippen molar-refractivity contribution in [3.63, 3.8) is 0 Å². The van der Waals surface area contributed by atoms with Crippen LogP contribution >= 0.6 is 11.6 Å². The first-order chi connectivity index (χ1) is 8.97. The van der Waals surface area contributed by atoms with Gasteiger partial charge in [0, 0.05) is 6.07 Å². The van der Waals surface area contributed by atoms with E-state index < -0.39 is 22.4 Å². The molecule has 3 rings (SSSR count). The quantitative estimate of drug-likeness (QED) is 0.439. The molecule has 2 N–H and O–H groups in total. The minimum atomic E-state index is -1.12. The molecule has 0 fully saturated rings. The molecule has 96 valence electrons. The van der Waals surface area contributed by atoms with Crippen LogP contribution in [0.2, 0.25) is 5.02 Å². The van der Waals surface area contributed by atoms with Gasteiger partial charge in [0.15, 0.2) is 11.2 Å². The SMILES string of the molecule is O=c1[nH]c2c(Cl)c3[nH]c(=O)c(=O)oc3cc2oc1=O. The molecule has 0 unspecified atom stereocenters. The van der Waals surface area contributed by atoms with Crippen molar-refractivity contribution < 1.29 is 8.83 Å². The van der Waals surface area contributed by atoms with Crippen LogP contribution in [-0.2, 0) is 0 Å². The maximum atomic E-state index is 11.2. The van der Waals surface area contributed by atoms with Crippen LogP contribution in [0.4, 0.5) is 0 Å². The average Bonchev–Trinajstić information content (AvgIpc) is 2.35. The molecule has 8 nitrogen and oxygen atoms in total. The Balaban J connectivity index is 2.67. The third kappa shape index (κ3) is 1.61. The largest absolute Gasteiger partial charge is 0.417 e. The summed E-state index contributed by atoms with van der Waals surface area (Å²) in [7, 11) is 0. The highest BCUT2D eigenvalue weighted by Crippen LogP contribution is 2.27. The van der Waals surface area contributed by atoms with Crippen molar-refractivity contribution in [2.24, 2.45) is 0 Å². The molecule has 0 saturated carbocycles. The monoisotopic (exact) mass is 282 g/mol. The van der Waals surface area contributed by atoms with Crippen LogP contribution in [0.1, 0.15) is 0 Å². The van der Waals surface area contributed by atoms with Crippen LogP contribution in [0.25, 0.3) is 22.2 Å². The predicted octanol–water partition coefficient (Wildman–Crippen LogP) is -0.0706. The third-order valence-electron chi connectivity index (χ3n) is 2.45. The number of nitrogens with one attached hydrogen (secondary N) is 2. The Kier molecular flexibility index (Phi) is 2.23. The number of aromatic nitrogens is 2. The summed E-state index contributed by atoms with van der Waals surface area (Å²) in [5.74, 6) is 0. The van der Waals surface area contributed by atoms with E-state index in [4.69, 9.17) is 20.4 Å². The van der Waals surface area contributed by atoms with Crippen molar-refractivity contribution in [3.8, 4) is 0 Å². The minimum Gasteiger partial charge on any atom is -0.417 e. The molecule has 9 heteroatoms. The van der Waals surface area contributed by atoms with Crippen LogP contribution in [0.5, 0.6) is 0 Å². The lowest BCUT2D eigenvalue weighted by Gasteiger charge is -2.02. The first kappa shape index (κ1) is 11.5. The van der Waals surface area contributed by atoms with Crippen molar-refractivity contribution >= 4 is 33.8 Å². The predicted molar refractivity (Wildman–Crippen MR) is 64.8 cm³/mol. The zero-order valence-electron chi connectivity index (χ0n) is 8.90. The first-order valence-corrected chi connectivity index (χ1v) is 5.28. The molecule has 0 spiro atoms. The summed E-state index contributed by atoms with van der Waals surface area (Å²) < 4.78 is 9.43. The van der Waals surface area contributed by atoms with Gasteiger partial charge in [0.25, 0.3) is 0 Å². The second-order valence-electron chi connectivity index (χ2n) is 3.62. The molecule has 2 aromatic heterocycles. The van der Waals surface area contributed by atoms with Gasteiger partial charge in [-0.2, -0.15) is 0 Å². The van der Waals surface area contributed by atoms with E-state index in [1.165, 1.54) is 6.07 Å². The van der Waals surface area contributed by atoms with Gasteiger partial charge in [-0.05, 0) is 0 Å². The Morgan fingerprint density at radius 3 is 1.68 bits per heavy atom. The van der Waals surface area contributed by atoms with Gasteiger partial charge in [-0.25, -0.2) is 9.59 Å². The topological polar surface area (TPSA) is 126 Å². The van der Waals surface area contributed by atoms with E-state index in [1.807, 2.05) is 0 Å². The molecule has 0 radical (unpaired) electrons. The number of hydrogen-bond donors (Lipinski definition) is 2. The highest BCUT2D eigenvalue weighted by molar-refractivity contribution is 6.39. The van der Waals surface area contributed by atoms with E-state index >= 15 is 0 Å². The van der Waals surface area contributed by atoms with Crippen LogP contribution in [0, 0.1) is 0 Å². The molecular weight excluding hydrogens is 280 g/mol. The van der Waals surface area contributed by atoms with Gasteiger partial charge < -0.3 is 18.8 Å². The average molecular weight is 283 g/mol. The summed E-state index contributed by atoms with van der Waals surface area (Å²) in [5, 5.41) is -0.103. The number of hydrogen-bond acceptors (Lipinski definition) is 6. The molecule has 0 saturated heterocycles. The number of H-pyrrole nitrogens is 2. The Morgan fingerprint density at radius 1 is 0.842 bits per heavy atom. The van der Waals surface area contributed by atoms with E-state index in [-0.39, 0.29) is 27.2 Å². The molecule has 0 aliphatic rings. The Bertz CT molecular complexity index is 972. The van der Waals surface area contributed by atoms with E-state index in [9.17, 15) is 19.2 Å². The van der Waals surface area contributed by atoms with Gasteiger partial charge in [-0.15, -0.1) is 0 Å². The van der Waals surface area contributed by atoms with Gasteiger partial charge in [-0.3, -0.25) is 9.59 Å². The van der Waals surface area contributed by atoms with E-state index in [1.54, 1.807) is 0 Å². The number of rotatable bonds is 0. The van der Waals surface area contributed by atoms with Gasteiger partial charge in [-0.1, -0.05) is 11.6 Å². The lowest BCUT2D eigenvalue weighted by atomic mass is 10.3. The van der Waals surface area contributed by atoms with Crippen molar-refractivity contribution in [1.29, 1.82) is 0 Å². The van der Waals surface area contributed by atoms with E-state index in [0.29, 0.717) is 0 Å². The number of fused-ring (bicyclic) bond motifs is 2. The summed E-state index contributed by atoms with van der Waals surface area (Å²) in [6, 6.07) is 1.17. The van der Waals surface area contributed by atoms with Crippen LogP contribution in [0.15, 0.2) is 34.1 Å². The Morgan fingerprint density at radius 2 is 1.26 bits per heavy atom. The number of benzene rings is 1. The molecule has 0 aliphatic heterocycles. The second-order valence-corrected chi connectivity index (χ2v) is 4.00. The summed E-state index contributed by atoms with van der Waals surface area (Å²) >= 11 is 5.96. The maximum Gasteiger partial charge on any atom is 0.402 e. The van der Waals surface area contributed by atoms with Crippen molar-refractivity contribution in [1.82, 2.24) is 9.97 Å². The highest BCUT2D eigenvalue weighted by atomic mass is 35.5. The normalized spacial score (nSPS) is 11.2. The maximum absolute atomic E-state index is 11.2. The molecule has 0 aliphatic carbocycles. The number of aromatic amines is 2. The smallest absolute Gasteiger partial charge is 0.402 e. The Hall–Kier alpha value is -2.61. The third-order valence-corrected chi connectivity index (χ3v) is 2.83. The van der Waals surface area contributed by atoms with Gasteiger partial charge in [0.1, 0.15) is 11.0 Å². The molecule has 2 heterocycles. The lowest BCUT2D eigenvalue weighted by molar-refractivity contribution is 0.534. The van der Waals surface area contributed by atoms with Gasteiger partial charge >= 0.3 is 22.4 Å². The fraction of sp³-hybridized carbons (Fsp3) is 0. The first-order valence-electron chi connectivity index (χ1n) is 4.90. The van der Waals surface area contributed by atoms with E-state index in [0.717, 1.165) is 0 Å². The molecule has 1 aromatic carbocycles. The molecule has 0 amide bonds. The molecule has 0 bridgehead atoms. The summed E-state index contributed by atoms with van der Waals surface area (Å²) in [6.45, 7) is 0. The Labute approximate surface area is 106 Å². The summed E-state index contributed by atoms with van der Waals surface area (Å²) in [5.41, 5.74) is -4.33. The van der Waals surface area contributed by atoms with Crippen LogP contribution in [0.3, 0.4) is 0 Å². The van der Waals surface area contributed by atoms with Crippen molar-refractivity contribution in [3.05, 3.63) is 52.6 Å². The van der Waals surface area contributed by atoms with Crippen molar-refractivity contribution in [2.75, 3.05) is 0 Å². The fourth-order valence-corrected chi connectivity index (χ4v) is 1.90. The standard InChI is InChI=1S/C10H3ClN2O6/c11-4-5-2(18-9(16)7(14)12-5)1-3-6(4)13-8(15)10(17)19-3/h1H,(H,12,14)(H,13,15). The fourth-order valence-electron chi connectivity index (χ4n) is 1.62. The zero-order valence-corrected chi connectivity index (χ0v) is 9.66.